The maximum Gasteiger partial charge on any atom is 0.00645 e. The van der Waals surface area contributed by atoms with Crippen molar-refractivity contribution in [1.82, 2.24) is 5.32 Å². The van der Waals surface area contributed by atoms with Crippen molar-refractivity contribution in [3.63, 3.8) is 0 Å². The number of thioether (sulfide) groups is 1. The highest BCUT2D eigenvalue weighted by Gasteiger charge is 2.16. The lowest BCUT2D eigenvalue weighted by Crippen LogP contribution is -2.33. The Hall–Kier alpha value is 0.310. The Balaban J connectivity index is 2.06. The number of hydrogen-bond donors (Lipinski definition) is 1. The predicted octanol–water partition coefficient (Wildman–Crippen LogP) is 3.30. The molecule has 1 rings (SSSR count). The molecule has 0 saturated carbocycles. The van der Waals surface area contributed by atoms with E-state index in [0.29, 0.717) is 0 Å². The third-order valence-electron chi connectivity index (χ3n) is 3.12. The van der Waals surface area contributed by atoms with E-state index in [4.69, 9.17) is 0 Å². The third-order valence-corrected chi connectivity index (χ3v) is 4.35. The molecule has 2 heteroatoms. The predicted molar refractivity (Wildman–Crippen MR) is 67.0 cm³/mol. The number of nitrogens with one attached hydrogen (secondary N) is 1. The Morgan fingerprint density at radius 2 is 2.29 bits per heavy atom. The highest BCUT2D eigenvalue weighted by Crippen LogP contribution is 2.22. The van der Waals surface area contributed by atoms with E-state index in [1.54, 1.807) is 0 Å². The highest BCUT2D eigenvalue weighted by atomic mass is 32.2. The fourth-order valence-corrected chi connectivity index (χ4v) is 3.26. The maximum absolute atomic E-state index is 3.73. The molecule has 0 aromatic rings. The summed E-state index contributed by atoms with van der Waals surface area (Å²) in [5, 5.41) is 3.73. The first kappa shape index (κ1) is 12.4. The van der Waals surface area contributed by atoms with E-state index in [1.165, 1.54) is 50.2 Å². The van der Waals surface area contributed by atoms with Crippen LogP contribution in [0.3, 0.4) is 0 Å². The van der Waals surface area contributed by atoms with Gasteiger partial charge in [-0.1, -0.05) is 26.7 Å². The summed E-state index contributed by atoms with van der Waals surface area (Å²) in [6, 6.07) is 0.778. The summed E-state index contributed by atoms with van der Waals surface area (Å²) in [7, 11) is 0. The summed E-state index contributed by atoms with van der Waals surface area (Å²) in [6.45, 7) is 5.84. The molecule has 1 N–H and O–H groups in total. The van der Waals surface area contributed by atoms with Gasteiger partial charge < -0.3 is 5.32 Å². The van der Waals surface area contributed by atoms with Crippen LogP contribution < -0.4 is 5.32 Å². The molecule has 1 heterocycles. The van der Waals surface area contributed by atoms with Gasteiger partial charge in [-0.25, -0.2) is 0 Å². The van der Waals surface area contributed by atoms with Gasteiger partial charge in [0, 0.05) is 6.04 Å². The van der Waals surface area contributed by atoms with E-state index in [2.05, 4.69) is 30.9 Å². The molecule has 14 heavy (non-hydrogen) atoms. The molecule has 1 aliphatic heterocycles. The molecule has 0 aromatic heterocycles. The molecular weight excluding hydrogens is 190 g/mol. The molecule has 0 spiro atoms. The van der Waals surface area contributed by atoms with Crippen molar-refractivity contribution in [2.24, 2.45) is 5.92 Å². The summed E-state index contributed by atoms with van der Waals surface area (Å²) >= 11 is 2.12. The number of unbranched alkanes of at least 4 members (excludes halogenated alkanes) is 1. The van der Waals surface area contributed by atoms with Crippen LogP contribution >= 0.6 is 11.8 Å². The smallest absolute Gasteiger partial charge is 0.00645 e. The van der Waals surface area contributed by atoms with Gasteiger partial charge in [-0.2, -0.15) is 11.8 Å². The standard InChI is InChI=1S/C12H25NS/c1-3-5-6-12(4-2)13-9-11-7-8-14-10-11/h11-13H,3-10H2,1-2H3. The highest BCUT2D eigenvalue weighted by molar-refractivity contribution is 7.99. The normalized spacial score (nSPS) is 24.0. The molecule has 84 valence electrons. The van der Waals surface area contributed by atoms with Gasteiger partial charge in [-0.15, -0.1) is 0 Å². The minimum atomic E-state index is 0.778. The zero-order valence-corrected chi connectivity index (χ0v) is 10.5. The fourth-order valence-electron chi connectivity index (χ4n) is 1.98. The van der Waals surface area contributed by atoms with Crippen LogP contribution in [0.2, 0.25) is 0 Å². The van der Waals surface area contributed by atoms with Gasteiger partial charge in [0.15, 0.2) is 0 Å². The Morgan fingerprint density at radius 1 is 1.43 bits per heavy atom. The van der Waals surface area contributed by atoms with Crippen LogP contribution in [0.25, 0.3) is 0 Å². The SMILES string of the molecule is CCCCC(CC)NCC1CCSC1. The lowest BCUT2D eigenvalue weighted by Gasteiger charge is -2.19. The minimum Gasteiger partial charge on any atom is -0.314 e. The summed E-state index contributed by atoms with van der Waals surface area (Å²) < 4.78 is 0. The maximum atomic E-state index is 3.73. The Kier molecular flexibility index (Phi) is 6.70. The molecule has 2 unspecified atom stereocenters. The van der Waals surface area contributed by atoms with Gasteiger partial charge in [-0.3, -0.25) is 0 Å². The van der Waals surface area contributed by atoms with E-state index in [0.717, 1.165) is 12.0 Å². The quantitative estimate of drug-likeness (QED) is 0.699. The van der Waals surface area contributed by atoms with E-state index in [-0.39, 0.29) is 0 Å². The average Bonchev–Trinajstić information content (AvgIpc) is 2.71. The molecule has 0 amide bonds. The first-order valence-corrected chi connectivity index (χ1v) is 7.33. The van der Waals surface area contributed by atoms with Crippen LogP contribution in [-0.4, -0.2) is 24.1 Å². The van der Waals surface area contributed by atoms with Gasteiger partial charge in [0.2, 0.25) is 0 Å². The Morgan fingerprint density at radius 3 is 2.86 bits per heavy atom. The van der Waals surface area contributed by atoms with Gasteiger partial charge in [0.25, 0.3) is 0 Å². The second-order valence-corrected chi connectivity index (χ2v) is 5.54. The van der Waals surface area contributed by atoms with Crippen LogP contribution in [0, 0.1) is 5.92 Å². The summed E-state index contributed by atoms with van der Waals surface area (Å²) in [5.74, 6) is 3.73. The molecule has 2 atom stereocenters. The van der Waals surface area contributed by atoms with Crippen molar-refractivity contribution in [3.8, 4) is 0 Å². The second kappa shape index (κ2) is 7.58. The van der Waals surface area contributed by atoms with Crippen LogP contribution in [0.1, 0.15) is 46.0 Å². The van der Waals surface area contributed by atoms with Gasteiger partial charge in [0.05, 0.1) is 0 Å². The first-order chi connectivity index (χ1) is 6.86. The zero-order valence-electron chi connectivity index (χ0n) is 9.72. The third kappa shape index (κ3) is 4.70. The lowest BCUT2D eigenvalue weighted by molar-refractivity contribution is 0.413. The molecule has 0 radical (unpaired) electrons. The molecule has 0 aliphatic carbocycles. The van der Waals surface area contributed by atoms with Crippen molar-refractivity contribution in [1.29, 1.82) is 0 Å². The fraction of sp³-hybridized carbons (Fsp3) is 1.00. The summed E-state index contributed by atoms with van der Waals surface area (Å²) in [4.78, 5) is 0. The summed E-state index contributed by atoms with van der Waals surface area (Å²) in [6.07, 6.45) is 6.80. The van der Waals surface area contributed by atoms with Gasteiger partial charge >= 0.3 is 0 Å². The lowest BCUT2D eigenvalue weighted by atomic mass is 10.1. The van der Waals surface area contributed by atoms with E-state index in [1.807, 2.05) is 0 Å². The monoisotopic (exact) mass is 215 g/mol. The van der Waals surface area contributed by atoms with Crippen molar-refractivity contribution < 1.29 is 0 Å². The molecular formula is C12H25NS. The average molecular weight is 215 g/mol. The molecule has 1 nitrogen and oxygen atoms in total. The van der Waals surface area contributed by atoms with E-state index < -0.39 is 0 Å². The zero-order chi connectivity index (χ0) is 10.2. The van der Waals surface area contributed by atoms with Crippen molar-refractivity contribution in [2.75, 3.05) is 18.1 Å². The van der Waals surface area contributed by atoms with Crippen LogP contribution in [-0.2, 0) is 0 Å². The van der Waals surface area contributed by atoms with Crippen molar-refractivity contribution in [2.45, 2.75) is 52.0 Å². The largest absolute Gasteiger partial charge is 0.314 e. The number of rotatable bonds is 7. The van der Waals surface area contributed by atoms with Crippen molar-refractivity contribution in [3.05, 3.63) is 0 Å². The molecule has 1 saturated heterocycles. The molecule has 0 bridgehead atoms. The van der Waals surface area contributed by atoms with E-state index >= 15 is 0 Å². The minimum absolute atomic E-state index is 0.778. The van der Waals surface area contributed by atoms with Crippen LogP contribution in [0.4, 0.5) is 0 Å². The first-order valence-electron chi connectivity index (χ1n) is 6.18. The van der Waals surface area contributed by atoms with Crippen LogP contribution in [0.15, 0.2) is 0 Å². The summed E-state index contributed by atoms with van der Waals surface area (Å²) in [5.41, 5.74) is 0. The van der Waals surface area contributed by atoms with Crippen LogP contribution in [0.5, 0.6) is 0 Å². The topological polar surface area (TPSA) is 12.0 Å². The molecule has 1 aliphatic rings. The van der Waals surface area contributed by atoms with E-state index in [9.17, 15) is 0 Å². The van der Waals surface area contributed by atoms with Gasteiger partial charge in [0.1, 0.15) is 0 Å². The Bertz CT molecular complexity index is 132. The second-order valence-electron chi connectivity index (χ2n) is 4.39. The Labute approximate surface area is 93.4 Å². The molecule has 1 fully saturated rings. The van der Waals surface area contributed by atoms with Crippen molar-refractivity contribution >= 4 is 11.8 Å². The van der Waals surface area contributed by atoms with Gasteiger partial charge in [-0.05, 0) is 43.2 Å². The number of hydrogen-bond acceptors (Lipinski definition) is 2. The molecule has 0 aromatic carbocycles.